The molecule has 0 aliphatic carbocycles. The molecule has 3 nitrogen and oxygen atoms in total. The van der Waals surface area contributed by atoms with Crippen LogP contribution in [0.25, 0.3) is 0 Å². The lowest BCUT2D eigenvalue weighted by Crippen LogP contribution is -1.64. The predicted octanol–water partition coefficient (Wildman–Crippen LogP) is 5.29. The Morgan fingerprint density at radius 1 is 0.824 bits per heavy atom. The highest BCUT2D eigenvalue weighted by Crippen LogP contribution is 2.86. The first-order valence-corrected chi connectivity index (χ1v) is 21.7. The summed E-state index contributed by atoms with van der Waals surface area (Å²) in [6, 6.07) is 0. The third-order valence-electron chi connectivity index (χ3n) is 0.837. The van der Waals surface area contributed by atoms with Gasteiger partial charge in [0.2, 0.25) is 4.67 Å². The first-order valence-electron chi connectivity index (χ1n) is 3.27. The molecule has 102 valence electrons. The van der Waals surface area contributed by atoms with E-state index in [0.717, 1.165) is 53.0 Å². The van der Waals surface area contributed by atoms with Crippen molar-refractivity contribution in [3.05, 3.63) is 6.26 Å². The molecule has 3 atom stereocenters. The van der Waals surface area contributed by atoms with Crippen molar-refractivity contribution in [2.24, 2.45) is 0 Å². The number of hydrogen-bond acceptors (Lipinski definition) is 9. The van der Waals surface area contributed by atoms with Gasteiger partial charge in [0.25, 0.3) is 0 Å². The van der Waals surface area contributed by atoms with Crippen molar-refractivity contribution in [2.75, 3.05) is 6.26 Å². The molecule has 0 spiro atoms. The maximum absolute atomic E-state index is 9.92. The zero-order valence-corrected chi connectivity index (χ0v) is 18.1. The molecule has 15 heteroatoms. The van der Waals surface area contributed by atoms with Crippen LogP contribution in [-0.2, 0) is 35.4 Å². The molecule has 0 radical (unpaired) electrons. The SMILES string of the molecule is [CH2+]SP(O)(=S)SSP(O)(=S)SSP(O)(=S)SC. The third-order valence-corrected chi connectivity index (χ3v) is 36.8. The Morgan fingerprint density at radius 3 is 1.53 bits per heavy atom. The van der Waals surface area contributed by atoms with E-state index in [1.807, 2.05) is 0 Å². The topological polar surface area (TPSA) is 60.7 Å². The van der Waals surface area contributed by atoms with Crippen LogP contribution in [0.1, 0.15) is 0 Å². The molecule has 3 unspecified atom stereocenters. The Kier molecular flexibility index (Phi) is 11.1. The van der Waals surface area contributed by atoms with Gasteiger partial charge in [-0.15, -0.1) is 0 Å². The lowest BCUT2D eigenvalue weighted by atomic mass is 12.0. The van der Waals surface area contributed by atoms with Crippen molar-refractivity contribution < 1.29 is 14.7 Å². The lowest BCUT2D eigenvalue weighted by Gasteiger charge is -2.16. The van der Waals surface area contributed by atoms with E-state index < -0.39 is 14.0 Å². The highest BCUT2D eigenvalue weighted by Gasteiger charge is 2.27. The molecule has 0 aromatic rings. The summed E-state index contributed by atoms with van der Waals surface area (Å²) in [7, 11) is 4.03. The molecule has 0 aromatic carbocycles. The Labute approximate surface area is 139 Å². The van der Waals surface area contributed by atoms with Crippen LogP contribution in [0.2, 0.25) is 0 Å². The van der Waals surface area contributed by atoms with E-state index in [2.05, 4.69) is 6.26 Å². The maximum atomic E-state index is 9.92. The smallest absolute Gasteiger partial charge is 0.229 e. The van der Waals surface area contributed by atoms with E-state index in [4.69, 9.17) is 35.4 Å². The van der Waals surface area contributed by atoms with Crippen LogP contribution < -0.4 is 0 Å². The zero-order chi connectivity index (χ0) is 13.7. The van der Waals surface area contributed by atoms with Gasteiger partial charge < -0.3 is 14.7 Å². The second-order valence-electron chi connectivity index (χ2n) is 2.02. The summed E-state index contributed by atoms with van der Waals surface area (Å²) < 4.78 is -7.93. The van der Waals surface area contributed by atoms with E-state index in [9.17, 15) is 14.7 Å². The number of hydrogen-bond donors (Lipinski definition) is 3. The standard InChI is InChI=1S/C2H7O3P3S9/c1-12-6(3,9)14-16-8(5,11)17-15-7(4,10)13-2/h1H2,2H3,(H2-,3,4,5,9,10,11)/p+1. The van der Waals surface area contributed by atoms with E-state index in [-0.39, 0.29) is 0 Å². The van der Waals surface area contributed by atoms with Gasteiger partial charge in [-0.3, -0.25) is 0 Å². The Hall–Kier alpha value is 3.80. The third kappa shape index (κ3) is 11.1. The minimum absolute atomic E-state index is 0.947. The van der Waals surface area contributed by atoms with Gasteiger partial charge in [0.15, 0.2) is 9.34 Å². The molecule has 0 bridgehead atoms. The second kappa shape index (κ2) is 9.06. The molecular formula is C2H8O3P3S9+. The summed E-state index contributed by atoms with van der Waals surface area (Å²) in [6.07, 6.45) is 5.18. The van der Waals surface area contributed by atoms with Gasteiger partial charge in [-0.1, -0.05) is 11.4 Å². The van der Waals surface area contributed by atoms with Crippen LogP contribution in [0.3, 0.4) is 0 Å². The predicted molar refractivity (Wildman–Crippen MR) is 106 cm³/mol. The Bertz CT molecular complexity index is 352. The van der Waals surface area contributed by atoms with Gasteiger partial charge in [-0.25, -0.2) is 0 Å². The summed E-state index contributed by atoms with van der Waals surface area (Å²) in [6.45, 7) is 0. The lowest BCUT2D eigenvalue weighted by molar-refractivity contribution is 0.653. The normalized spacial score (nSPS) is 22.4. The average Bonchev–Trinajstić information content (AvgIpc) is 2.25. The summed E-state index contributed by atoms with van der Waals surface area (Å²) in [5.74, 6) is 0. The van der Waals surface area contributed by atoms with Gasteiger partial charge in [-0.05, 0) is 83.3 Å². The quantitative estimate of drug-likeness (QED) is 0.250. The minimum atomic E-state index is -2.77. The van der Waals surface area contributed by atoms with E-state index in [1.165, 1.54) is 11.4 Å². The van der Waals surface area contributed by atoms with Crippen LogP contribution in [0.4, 0.5) is 0 Å². The van der Waals surface area contributed by atoms with Crippen molar-refractivity contribution in [1.82, 2.24) is 0 Å². The van der Waals surface area contributed by atoms with Gasteiger partial charge in [0.1, 0.15) is 17.6 Å². The molecule has 0 aliphatic rings. The Morgan fingerprint density at radius 2 is 1.18 bits per heavy atom. The first kappa shape index (κ1) is 20.8. The fourth-order valence-electron chi connectivity index (χ4n) is 0.233. The van der Waals surface area contributed by atoms with Crippen LogP contribution in [0.5, 0.6) is 0 Å². The summed E-state index contributed by atoms with van der Waals surface area (Å²) >= 11 is 17.0. The molecule has 3 N–H and O–H groups in total. The summed E-state index contributed by atoms with van der Waals surface area (Å²) in [5, 5.41) is 0. The largest absolute Gasteiger partial charge is 0.349 e. The van der Waals surface area contributed by atoms with E-state index in [1.54, 1.807) is 6.26 Å². The highest BCUT2D eigenvalue weighted by atomic mass is 33.8. The van der Waals surface area contributed by atoms with Crippen molar-refractivity contribution in [1.29, 1.82) is 0 Å². The first-order chi connectivity index (χ1) is 7.54. The van der Waals surface area contributed by atoms with Crippen molar-refractivity contribution in [3.8, 4) is 0 Å². The molecule has 0 aromatic heterocycles. The van der Waals surface area contributed by atoms with Gasteiger partial charge in [0.05, 0.1) is 0 Å². The average molecular weight is 462 g/mol. The minimum Gasteiger partial charge on any atom is -0.349 e. The molecule has 0 aliphatic heterocycles. The van der Waals surface area contributed by atoms with Crippen molar-refractivity contribution in [3.63, 3.8) is 0 Å². The molecule has 0 fully saturated rings. The molecule has 0 saturated heterocycles. The van der Waals surface area contributed by atoms with E-state index >= 15 is 0 Å². The van der Waals surface area contributed by atoms with Crippen LogP contribution >= 0.6 is 78.4 Å². The van der Waals surface area contributed by atoms with Gasteiger partial charge in [0, 0.05) is 0 Å². The van der Waals surface area contributed by atoms with Crippen LogP contribution in [0.15, 0.2) is 0 Å². The molecule has 0 amide bonds. The Balaban J connectivity index is 4.28. The summed E-state index contributed by atoms with van der Waals surface area (Å²) in [5.41, 5.74) is 0. The summed E-state index contributed by atoms with van der Waals surface area (Å²) in [4.78, 5) is 29.2. The molecule has 0 rings (SSSR count). The molecule has 0 heterocycles. The van der Waals surface area contributed by atoms with Crippen LogP contribution in [-0.4, -0.2) is 20.9 Å². The van der Waals surface area contributed by atoms with Gasteiger partial charge >= 0.3 is 0 Å². The fourth-order valence-corrected chi connectivity index (χ4v) is 38.5. The second-order valence-corrected chi connectivity index (χ2v) is 35.6. The molecule has 17 heavy (non-hydrogen) atoms. The molecular weight excluding hydrogens is 454 g/mol. The maximum Gasteiger partial charge on any atom is 0.229 e. The fraction of sp³-hybridized carbons (Fsp3) is 0.500. The van der Waals surface area contributed by atoms with Crippen LogP contribution in [0, 0.1) is 6.26 Å². The monoisotopic (exact) mass is 461 g/mol. The van der Waals surface area contributed by atoms with E-state index in [0.29, 0.717) is 0 Å². The molecule has 0 saturated carbocycles. The van der Waals surface area contributed by atoms with Gasteiger partial charge in [-0.2, -0.15) is 0 Å². The highest BCUT2D eigenvalue weighted by molar-refractivity contribution is 9.41. The van der Waals surface area contributed by atoms with Crippen molar-refractivity contribution >= 4 is 114 Å². The number of rotatable bonds is 8. The zero-order valence-electron chi connectivity index (χ0n) is 8.06. The van der Waals surface area contributed by atoms with Crippen molar-refractivity contribution in [2.45, 2.75) is 0 Å².